The van der Waals surface area contributed by atoms with Crippen molar-refractivity contribution in [2.75, 3.05) is 0 Å². The van der Waals surface area contributed by atoms with Crippen LogP contribution in [0.2, 0.25) is 0 Å². The van der Waals surface area contributed by atoms with Crippen molar-refractivity contribution < 1.29 is 19.5 Å². The van der Waals surface area contributed by atoms with Gasteiger partial charge in [0.1, 0.15) is 0 Å². The molecule has 1 saturated heterocycles. The number of nitrogens with zero attached hydrogens (tertiary/aromatic N) is 1. The van der Waals surface area contributed by atoms with Gasteiger partial charge in [-0.2, -0.15) is 0 Å². The van der Waals surface area contributed by atoms with Gasteiger partial charge in [-0.15, -0.1) is 0 Å². The number of imide groups is 1. The van der Waals surface area contributed by atoms with Crippen molar-refractivity contribution >= 4 is 17.8 Å². The number of aliphatic carboxylic acids is 1. The van der Waals surface area contributed by atoms with E-state index in [1.165, 1.54) is 0 Å². The van der Waals surface area contributed by atoms with Gasteiger partial charge in [0.05, 0.1) is 11.8 Å². The quantitative estimate of drug-likeness (QED) is 0.790. The second kappa shape index (κ2) is 7.02. The first-order valence-electron chi connectivity index (χ1n) is 9.16. The number of fused-ring (bicyclic) bond motifs is 1. The lowest BCUT2D eigenvalue weighted by atomic mass is 9.81. The van der Waals surface area contributed by atoms with E-state index in [9.17, 15) is 14.4 Å². The highest BCUT2D eigenvalue weighted by atomic mass is 16.4. The minimum absolute atomic E-state index is 0.0375. The van der Waals surface area contributed by atoms with E-state index in [1.54, 1.807) is 4.90 Å². The molecule has 2 unspecified atom stereocenters. The average molecular weight is 321 g/mol. The third-order valence-electron chi connectivity index (χ3n) is 6.06. The van der Waals surface area contributed by atoms with Gasteiger partial charge in [-0.25, -0.2) is 0 Å². The molecule has 1 aliphatic heterocycles. The molecule has 5 heteroatoms. The molecule has 0 aromatic heterocycles. The highest BCUT2D eigenvalue weighted by Crippen LogP contribution is 2.41. The first-order chi connectivity index (χ1) is 11.1. The molecule has 1 N–H and O–H groups in total. The fraction of sp³-hybridized carbons (Fsp3) is 0.833. The molecule has 0 bridgehead atoms. The molecule has 23 heavy (non-hydrogen) atoms. The summed E-state index contributed by atoms with van der Waals surface area (Å²) < 4.78 is 0. The summed E-state index contributed by atoms with van der Waals surface area (Å²) in [6.45, 7) is 0. The summed E-state index contributed by atoms with van der Waals surface area (Å²) in [7, 11) is 0. The van der Waals surface area contributed by atoms with E-state index in [0.717, 1.165) is 64.2 Å². The van der Waals surface area contributed by atoms with Gasteiger partial charge in [0.15, 0.2) is 0 Å². The van der Waals surface area contributed by atoms with Gasteiger partial charge < -0.3 is 5.11 Å². The van der Waals surface area contributed by atoms with Crippen LogP contribution in [0.4, 0.5) is 0 Å². The molecule has 2 amide bonds. The molecule has 3 rings (SSSR count). The van der Waals surface area contributed by atoms with Gasteiger partial charge in [0.2, 0.25) is 11.8 Å². The summed E-state index contributed by atoms with van der Waals surface area (Å²) in [5.41, 5.74) is 0. The predicted molar refractivity (Wildman–Crippen MR) is 84.5 cm³/mol. The number of amides is 2. The monoisotopic (exact) mass is 321 g/mol. The van der Waals surface area contributed by atoms with Crippen molar-refractivity contribution in [3.63, 3.8) is 0 Å². The summed E-state index contributed by atoms with van der Waals surface area (Å²) in [4.78, 5) is 37.4. The minimum atomic E-state index is -0.727. The summed E-state index contributed by atoms with van der Waals surface area (Å²) >= 11 is 0. The Balaban J connectivity index is 1.52. The van der Waals surface area contributed by atoms with E-state index < -0.39 is 5.97 Å². The van der Waals surface area contributed by atoms with Crippen LogP contribution in [0.25, 0.3) is 0 Å². The number of hydrogen-bond acceptors (Lipinski definition) is 3. The van der Waals surface area contributed by atoms with Crippen molar-refractivity contribution in [1.29, 1.82) is 0 Å². The SMILES string of the molecule is O=C(O)CCCC1CCC(N2C(=O)C3CCCCC3C2=O)CC1. The Morgan fingerprint density at radius 3 is 2.04 bits per heavy atom. The molecule has 0 aromatic carbocycles. The van der Waals surface area contributed by atoms with Gasteiger partial charge in [-0.1, -0.05) is 12.8 Å². The first kappa shape index (κ1) is 16.5. The van der Waals surface area contributed by atoms with E-state index >= 15 is 0 Å². The fourth-order valence-electron chi connectivity index (χ4n) is 4.78. The summed E-state index contributed by atoms with van der Waals surface area (Å²) in [6.07, 6.45) is 9.66. The maximum atomic E-state index is 12.6. The predicted octanol–water partition coefficient (Wildman–Crippen LogP) is 2.98. The lowest BCUT2D eigenvalue weighted by Crippen LogP contribution is -2.42. The number of hydrogen-bond donors (Lipinski definition) is 1. The fourth-order valence-corrected chi connectivity index (χ4v) is 4.78. The third-order valence-corrected chi connectivity index (χ3v) is 6.06. The highest BCUT2D eigenvalue weighted by Gasteiger charge is 2.50. The lowest BCUT2D eigenvalue weighted by molar-refractivity contribution is -0.144. The van der Waals surface area contributed by atoms with Crippen LogP contribution in [0.15, 0.2) is 0 Å². The van der Waals surface area contributed by atoms with E-state index in [4.69, 9.17) is 5.11 Å². The van der Waals surface area contributed by atoms with Crippen LogP contribution in [0.1, 0.15) is 70.6 Å². The second-order valence-electron chi connectivity index (χ2n) is 7.50. The largest absolute Gasteiger partial charge is 0.481 e. The van der Waals surface area contributed by atoms with Gasteiger partial charge in [0.25, 0.3) is 0 Å². The lowest BCUT2D eigenvalue weighted by Gasteiger charge is -2.33. The Labute approximate surface area is 137 Å². The molecule has 1 heterocycles. The summed E-state index contributed by atoms with van der Waals surface area (Å²) in [6, 6.07) is 0.0938. The standard InChI is InChI=1S/C18H27NO4/c20-16(21)7-3-4-12-8-10-13(11-9-12)19-17(22)14-5-1-2-6-15(14)18(19)23/h12-15H,1-11H2,(H,20,21). The molecular weight excluding hydrogens is 294 g/mol. The molecule has 3 aliphatic rings. The molecule has 2 aliphatic carbocycles. The van der Waals surface area contributed by atoms with Crippen LogP contribution in [0, 0.1) is 17.8 Å². The molecule has 128 valence electrons. The molecule has 2 atom stereocenters. The average Bonchev–Trinajstić information content (AvgIpc) is 2.80. The Kier molecular flexibility index (Phi) is 5.02. The van der Waals surface area contributed by atoms with E-state index in [0.29, 0.717) is 5.92 Å². The van der Waals surface area contributed by atoms with Gasteiger partial charge in [-0.3, -0.25) is 19.3 Å². The third kappa shape index (κ3) is 3.43. The van der Waals surface area contributed by atoms with E-state index in [1.807, 2.05) is 0 Å². The zero-order valence-electron chi connectivity index (χ0n) is 13.7. The number of rotatable bonds is 5. The molecule has 5 nitrogen and oxygen atoms in total. The van der Waals surface area contributed by atoms with Gasteiger partial charge in [0, 0.05) is 12.5 Å². The van der Waals surface area contributed by atoms with E-state index in [2.05, 4.69) is 0 Å². The van der Waals surface area contributed by atoms with Crippen molar-refractivity contribution in [2.24, 2.45) is 17.8 Å². The van der Waals surface area contributed by atoms with Crippen LogP contribution < -0.4 is 0 Å². The molecular formula is C18H27NO4. The highest BCUT2D eigenvalue weighted by molar-refractivity contribution is 6.05. The van der Waals surface area contributed by atoms with Crippen molar-refractivity contribution in [1.82, 2.24) is 4.90 Å². The molecule has 0 radical (unpaired) electrons. The zero-order chi connectivity index (χ0) is 16.4. The first-order valence-corrected chi connectivity index (χ1v) is 9.16. The molecule has 3 fully saturated rings. The Morgan fingerprint density at radius 1 is 0.957 bits per heavy atom. The maximum absolute atomic E-state index is 12.6. The summed E-state index contributed by atoms with van der Waals surface area (Å²) in [5, 5.41) is 8.71. The number of carboxylic acid groups (broad SMARTS) is 1. The second-order valence-corrected chi connectivity index (χ2v) is 7.50. The van der Waals surface area contributed by atoms with Crippen LogP contribution in [-0.4, -0.2) is 33.8 Å². The zero-order valence-corrected chi connectivity index (χ0v) is 13.7. The number of carbonyl (C=O) groups is 3. The van der Waals surface area contributed by atoms with Gasteiger partial charge >= 0.3 is 5.97 Å². The van der Waals surface area contributed by atoms with Crippen molar-refractivity contribution in [3.8, 4) is 0 Å². The number of likely N-dealkylation sites (tertiary alicyclic amines) is 1. The Morgan fingerprint density at radius 2 is 1.52 bits per heavy atom. The van der Waals surface area contributed by atoms with Crippen molar-refractivity contribution in [3.05, 3.63) is 0 Å². The molecule has 0 aromatic rings. The summed E-state index contributed by atoms with van der Waals surface area (Å²) in [5.74, 6) is -0.0626. The van der Waals surface area contributed by atoms with Crippen molar-refractivity contribution in [2.45, 2.75) is 76.7 Å². The van der Waals surface area contributed by atoms with Crippen LogP contribution in [0.3, 0.4) is 0 Å². The van der Waals surface area contributed by atoms with Crippen LogP contribution in [-0.2, 0) is 14.4 Å². The Bertz CT molecular complexity index is 457. The normalized spacial score (nSPS) is 34.5. The minimum Gasteiger partial charge on any atom is -0.481 e. The van der Waals surface area contributed by atoms with Gasteiger partial charge in [-0.05, 0) is 57.3 Å². The number of carboxylic acids is 1. The van der Waals surface area contributed by atoms with Crippen LogP contribution >= 0.6 is 0 Å². The van der Waals surface area contributed by atoms with Crippen LogP contribution in [0.5, 0.6) is 0 Å². The number of carbonyl (C=O) groups excluding carboxylic acids is 2. The molecule has 2 saturated carbocycles. The van der Waals surface area contributed by atoms with E-state index in [-0.39, 0.29) is 36.1 Å². The maximum Gasteiger partial charge on any atom is 0.303 e. The smallest absolute Gasteiger partial charge is 0.303 e. The topological polar surface area (TPSA) is 74.7 Å². The Hall–Kier alpha value is -1.39. The molecule has 0 spiro atoms.